The van der Waals surface area contributed by atoms with E-state index in [4.69, 9.17) is 0 Å². The Balaban J connectivity index is 1.31. The van der Waals surface area contributed by atoms with E-state index in [9.17, 15) is 9.59 Å². The van der Waals surface area contributed by atoms with Gasteiger partial charge in [-0.2, -0.15) is 5.10 Å². The van der Waals surface area contributed by atoms with Crippen molar-refractivity contribution < 1.29 is 9.59 Å². The van der Waals surface area contributed by atoms with Crippen LogP contribution in [0.2, 0.25) is 0 Å². The fourth-order valence-corrected chi connectivity index (χ4v) is 4.56. The van der Waals surface area contributed by atoms with Gasteiger partial charge in [-0.1, -0.05) is 0 Å². The van der Waals surface area contributed by atoms with E-state index in [-0.39, 0.29) is 23.7 Å². The summed E-state index contributed by atoms with van der Waals surface area (Å²) in [6, 6.07) is 0. The van der Waals surface area contributed by atoms with Crippen molar-refractivity contribution in [2.75, 3.05) is 39.3 Å². The SMILES string of the molecule is O=C([C@@H]1CNC[C@@H](C(=O)N2CCC(c3ncn[nH]3)CC2)C1)N1CCCC1. The number of carbonyl (C=O) groups excluding carboxylic acids is 2. The Morgan fingerprint density at radius 3 is 2.15 bits per heavy atom. The highest BCUT2D eigenvalue weighted by atomic mass is 16.2. The van der Waals surface area contributed by atoms with Gasteiger partial charge >= 0.3 is 0 Å². The molecule has 2 amide bonds. The lowest BCUT2D eigenvalue weighted by Gasteiger charge is -2.36. The second kappa shape index (κ2) is 7.73. The Morgan fingerprint density at radius 2 is 1.58 bits per heavy atom. The topological polar surface area (TPSA) is 94.2 Å². The predicted octanol–water partition coefficient (Wildman–Crippen LogP) is 0.359. The first-order valence-corrected chi connectivity index (χ1v) is 9.86. The number of nitrogens with one attached hydrogen (secondary N) is 2. The molecule has 0 aromatic carbocycles. The third-order valence-corrected chi connectivity index (χ3v) is 6.09. The number of piperidine rings is 2. The molecule has 0 unspecified atom stereocenters. The van der Waals surface area contributed by atoms with Crippen LogP contribution < -0.4 is 5.32 Å². The van der Waals surface area contributed by atoms with Crippen LogP contribution in [0.25, 0.3) is 0 Å². The number of carbonyl (C=O) groups is 2. The van der Waals surface area contributed by atoms with Gasteiger partial charge < -0.3 is 15.1 Å². The first-order chi connectivity index (χ1) is 12.7. The number of aromatic amines is 1. The fraction of sp³-hybridized carbons (Fsp3) is 0.778. The molecule has 8 heteroatoms. The molecule has 1 aromatic rings. The van der Waals surface area contributed by atoms with E-state index in [0.29, 0.717) is 25.4 Å². The van der Waals surface area contributed by atoms with Gasteiger partial charge in [-0.25, -0.2) is 4.98 Å². The zero-order chi connectivity index (χ0) is 17.9. The van der Waals surface area contributed by atoms with Crippen LogP contribution in [0.1, 0.15) is 43.8 Å². The second-order valence-electron chi connectivity index (χ2n) is 7.79. The molecule has 3 aliphatic rings. The minimum atomic E-state index is -0.0814. The van der Waals surface area contributed by atoms with E-state index in [1.54, 1.807) is 0 Å². The molecule has 0 radical (unpaired) electrons. The molecule has 0 aliphatic carbocycles. The van der Waals surface area contributed by atoms with Crippen molar-refractivity contribution in [3.63, 3.8) is 0 Å². The highest BCUT2D eigenvalue weighted by Gasteiger charge is 2.36. The molecule has 26 heavy (non-hydrogen) atoms. The van der Waals surface area contributed by atoms with Gasteiger partial charge in [0.25, 0.3) is 0 Å². The summed E-state index contributed by atoms with van der Waals surface area (Å²) in [4.78, 5) is 33.8. The Hall–Kier alpha value is -1.96. The molecule has 2 N–H and O–H groups in total. The molecule has 0 saturated carbocycles. The molecule has 4 rings (SSSR count). The van der Waals surface area contributed by atoms with Crippen LogP contribution in [0.4, 0.5) is 0 Å². The van der Waals surface area contributed by atoms with E-state index >= 15 is 0 Å². The van der Waals surface area contributed by atoms with Crippen molar-refractivity contribution in [3.8, 4) is 0 Å². The largest absolute Gasteiger partial charge is 0.342 e. The minimum absolute atomic E-state index is 0.0532. The monoisotopic (exact) mass is 360 g/mol. The van der Waals surface area contributed by atoms with E-state index in [0.717, 1.165) is 57.7 Å². The number of hydrogen-bond acceptors (Lipinski definition) is 5. The smallest absolute Gasteiger partial charge is 0.226 e. The van der Waals surface area contributed by atoms with Crippen LogP contribution in [0.3, 0.4) is 0 Å². The molecule has 2 atom stereocenters. The number of likely N-dealkylation sites (tertiary alicyclic amines) is 2. The normalized spacial score (nSPS) is 27.7. The van der Waals surface area contributed by atoms with Gasteiger partial charge in [-0.05, 0) is 32.1 Å². The minimum Gasteiger partial charge on any atom is -0.342 e. The lowest BCUT2D eigenvalue weighted by Crippen LogP contribution is -2.50. The van der Waals surface area contributed by atoms with Gasteiger partial charge in [0.15, 0.2) is 0 Å². The van der Waals surface area contributed by atoms with Gasteiger partial charge in [-0.3, -0.25) is 14.7 Å². The summed E-state index contributed by atoms with van der Waals surface area (Å²) in [5.74, 6) is 1.58. The van der Waals surface area contributed by atoms with Crippen LogP contribution in [0.15, 0.2) is 6.33 Å². The van der Waals surface area contributed by atoms with Gasteiger partial charge in [0.2, 0.25) is 11.8 Å². The molecule has 142 valence electrons. The van der Waals surface area contributed by atoms with Crippen molar-refractivity contribution in [3.05, 3.63) is 12.2 Å². The summed E-state index contributed by atoms with van der Waals surface area (Å²) in [7, 11) is 0. The van der Waals surface area contributed by atoms with Crippen LogP contribution in [-0.2, 0) is 9.59 Å². The highest BCUT2D eigenvalue weighted by molar-refractivity contribution is 5.83. The van der Waals surface area contributed by atoms with Gasteiger partial charge in [0.1, 0.15) is 12.2 Å². The van der Waals surface area contributed by atoms with E-state index in [1.165, 1.54) is 6.33 Å². The van der Waals surface area contributed by atoms with Crippen LogP contribution >= 0.6 is 0 Å². The number of aromatic nitrogens is 3. The molecule has 1 aromatic heterocycles. The summed E-state index contributed by atoms with van der Waals surface area (Å²) in [6.45, 7) is 4.65. The predicted molar refractivity (Wildman–Crippen MR) is 95.2 cm³/mol. The molecule has 8 nitrogen and oxygen atoms in total. The first kappa shape index (κ1) is 17.5. The Morgan fingerprint density at radius 1 is 0.962 bits per heavy atom. The molecular formula is C18H28N6O2. The zero-order valence-electron chi connectivity index (χ0n) is 15.2. The van der Waals surface area contributed by atoms with E-state index in [2.05, 4.69) is 20.5 Å². The van der Waals surface area contributed by atoms with Crippen molar-refractivity contribution in [1.82, 2.24) is 30.3 Å². The second-order valence-corrected chi connectivity index (χ2v) is 7.79. The van der Waals surface area contributed by atoms with E-state index < -0.39 is 0 Å². The summed E-state index contributed by atoms with van der Waals surface area (Å²) in [5.41, 5.74) is 0. The number of rotatable bonds is 3. The Labute approximate surface area is 153 Å². The molecule has 3 aliphatic heterocycles. The van der Waals surface area contributed by atoms with Gasteiger partial charge in [0.05, 0.1) is 11.8 Å². The Bertz CT molecular complexity index is 620. The van der Waals surface area contributed by atoms with Crippen molar-refractivity contribution >= 4 is 11.8 Å². The maximum absolute atomic E-state index is 13.0. The maximum Gasteiger partial charge on any atom is 0.226 e. The molecule has 3 saturated heterocycles. The maximum atomic E-state index is 13.0. The molecule has 3 fully saturated rings. The summed E-state index contributed by atoms with van der Waals surface area (Å²) in [5, 5.41) is 10.2. The fourth-order valence-electron chi connectivity index (χ4n) is 4.56. The average Bonchev–Trinajstić information content (AvgIpc) is 3.41. The summed E-state index contributed by atoms with van der Waals surface area (Å²) in [6.07, 6.45) is 6.26. The quantitative estimate of drug-likeness (QED) is 0.812. The number of H-pyrrole nitrogens is 1. The summed E-state index contributed by atoms with van der Waals surface area (Å²) >= 11 is 0. The third-order valence-electron chi connectivity index (χ3n) is 6.09. The highest BCUT2D eigenvalue weighted by Crippen LogP contribution is 2.28. The Kier molecular flexibility index (Phi) is 5.19. The zero-order valence-corrected chi connectivity index (χ0v) is 15.2. The van der Waals surface area contributed by atoms with Crippen LogP contribution in [0.5, 0.6) is 0 Å². The van der Waals surface area contributed by atoms with Gasteiger partial charge in [0, 0.05) is 45.2 Å². The lowest BCUT2D eigenvalue weighted by molar-refractivity contribution is -0.140. The third kappa shape index (κ3) is 3.60. The van der Waals surface area contributed by atoms with Crippen molar-refractivity contribution in [2.24, 2.45) is 11.8 Å². The average molecular weight is 360 g/mol. The molecule has 0 spiro atoms. The van der Waals surface area contributed by atoms with Crippen LogP contribution in [-0.4, -0.2) is 76.1 Å². The standard InChI is InChI=1S/C18H28N6O2/c25-17(23-5-1-2-6-23)14-9-15(11-19-10-14)18(26)24-7-3-13(4-8-24)16-20-12-21-22-16/h12-15,19H,1-11H2,(H,20,21,22)/t14-,15-/m0/s1. The lowest BCUT2D eigenvalue weighted by atomic mass is 9.87. The van der Waals surface area contributed by atoms with Gasteiger partial charge in [-0.15, -0.1) is 0 Å². The van der Waals surface area contributed by atoms with Crippen molar-refractivity contribution in [2.45, 2.75) is 38.0 Å². The number of nitrogens with zero attached hydrogens (tertiary/aromatic N) is 4. The number of hydrogen-bond donors (Lipinski definition) is 2. The van der Waals surface area contributed by atoms with E-state index in [1.807, 2.05) is 9.80 Å². The number of amides is 2. The van der Waals surface area contributed by atoms with Crippen molar-refractivity contribution in [1.29, 1.82) is 0 Å². The molecule has 0 bridgehead atoms. The van der Waals surface area contributed by atoms with Crippen LogP contribution in [0, 0.1) is 11.8 Å². The molecular weight excluding hydrogens is 332 g/mol. The summed E-state index contributed by atoms with van der Waals surface area (Å²) < 4.78 is 0. The first-order valence-electron chi connectivity index (χ1n) is 9.86. The molecule has 4 heterocycles.